The molecular weight excluding hydrogens is 397 g/mol. The third-order valence-electron chi connectivity index (χ3n) is 6.20. The van der Waals surface area contributed by atoms with Crippen molar-refractivity contribution in [2.75, 3.05) is 51.3 Å². The number of nitrogens with zero attached hydrogens (tertiary/aromatic N) is 2. The molecule has 0 unspecified atom stereocenters. The van der Waals surface area contributed by atoms with E-state index in [-0.39, 0.29) is 17.2 Å². The van der Waals surface area contributed by atoms with E-state index in [1.807, 2.05) is 0 Å². The first-order valence-electron chi connectivity index (χ1n) is 10.4. The summed E-state index contributed by atoms with van der Waals surface area (Å²) >= 11 is 0. The van der Waals surface area contributed by atoms with Crippen LogP contribution in [-0.4, -0.2) is 69.5 Å². The fraction of sp³-hybridized carbons (Fsp3) is 0.650. The number of sulfonamides is 1. The minimum absolute atomic E-state index is 0.174. The molecule has 0 radical (unpaired) electrons. The van der Waals surface area contributed by atoms with Crippen molar-refractivity contribution in [2.24, 2.45) is 5.92 Å². The third kappa shape index (κ3) is 4.63. The Hall–Kier alpha value is -1.55. The Labute approximate surface area is 171 Å². The summed E-state index contributed by atoms with van der Waals surface area (Å²) in [7, 11) is -3.88. The molecule has 3 heterocycles. The van der Waals surface area contributed by atoms with Crippen LogP contribution in [0.1, 0.15) is 31.2 Å². The van der Waals surface area contributed by atoms with Gasteiger partial charge in [-0.3, -0.25) is 9.69 Å². The normalized spacial score (nSPS) is 22.3. The third-order valence-corrected chi connectivity index (χ3v) is 8.12. The van der Waals surface area contributed by atoms with Crippen molar-refractivity contribution in [1.29, 1.82) is 0 Å². The number of piperidine rings is 1. The molecule has 4 rings (SSSR count). The molecule has 1 aromatic rings. The van der Waals surface area contributed by atoms with Crippen molar-refractivity contribution < 1.29 is 22.3 Å². The van der Waals surface area contributed by atoms with Crippen LogP contribution in [-0.2, 0) is 26.0 Å². The van der Waals surface area contributed by atoms with Crippen LogP contribution in [0.15, 0.2) is 17.0 Å². The van der Waals surface area contributed by atoms with E-state index in [1.165, 1.54) is 10.4 Å². The van der Waals surface area contributed by atoms with Crippen molar-refractivity contribution in [1.82, 2.24) is 9.21 Å². The van der Waals surface area contributed by atoms with Crippen molar-refractivity contribution >= 4 is 21.6 Å². The van der Waals surface area contributed by atoms with E-state index in [9.17, 15) is 17.6 Å². The molecule has 160 valence electrons. The van der Waals surface area contributed by atoms with Gasteiger partial charge in [0.1, 0.15) is 10.7 Å². The number of fused-ring (bicyclic) bond motifs is 1. The van der Waals surface area contributed by atoms with Crippen LogP contribution < -0.4 is 5.32 Å². The molecular formula is C20H28FN3O4S. The van der Waals surface area contributed by atoms with E-state index in [1.54, 1.807) is 0 Å². The number of carbonyl (C=O) groups excluding carboxylic acids is 1. The Morgan fingerprint density at radius 2 is 1.83 bits per heavy atom. The number of halogens is 1. The predicted molar refractivity (Wildman–Crippen MR) is 107 cm³/mol. The Morgan fingerprint density at radius 1 is 1.10 bits per heavy atom. The zero-order valence-electron chi connectivity index (χ0n) is 16.5. The number of anilines is 1. The molecule has 0 bridgehead atoms. The van der Waals surface area contributed by atoms with Crippen LogP contribution in [0.4, 0.5) is 10.1 Å². The first-order valence-corrected chi connectivity index (χ1v) is 11.8. The largest absolute Gasteiger partial charge is 0.379 e. The topological polar surface area (TPSA) is 79.0 Å². The lowest BCUT2D eigenvalue weighted by Crippen LogP contribution is -2.41. The smallest absolute Gasteiger partial charge is 0.245 e. The molecule has 9 heteroatoms. The molecule has 1 N–H and O–H groups in total. The Balaban J connectivity index is 1.38. The highest BCUT2D eigenvalue weighted by Crippen LogP contribution is 2.31. The van der Waals surface area contributed by atoms with Crippen LogP contribution >= 0.6 is 0 Å². The average molecular weight is 426 g/mol. The van der Waals surface area contributed by atoms with Gasteiger partial charge in [-0.1, -0.05) is 0 Å². The summed E-state index contributed by atoms with van der Waals surface area (Å²) < 4.78 is 47.5. The number of hydrogen-bond acceptors (Lipinski definition) is 5. The molecule has 2 saturated heterocycles. The summed E-state index contributed by atoms with van der Waals surface area (Å²) in [4.78, 5) is 13.6. The van der Waals surface area contributed by atoms with E-state index >= 15 is 0 Å². The number of hydrogen-bond donors (Lipinski definition) is 1. The number of carbonyl (C=O) groups is 1. The van der Waals surface area contributed by atoms with Crippen molar-refractivity contribution in [3.05, 3.63) is 23.5 Å². The van der Waals surface area contributed by atoms with Gasteiger partial charge in [0.25, 0.3) is 0 Å². The summed E-state index contributed by atoms with van der Waals surface area (Å²) in [6.07, 6.45) is 3.36. The van der Waals surface area contributed by atoms with Gasteiger partial charge < -0.3 is 10.1 Å². The highest BCUT2D eigenvalue weighted by molar-refractivity contribution is 7.89. The van der Waals surface area contributed by atoms with Gasteiger partial charge in [0, 0.05) is 38.3 Å². The number of rotatable bonds is 5. The molecule has 29 heavy (non-hydrogen) atoms. The Kier molecular flexibility index (Phi) is 6.19. The van der Waals surface area contributed by atoms with Crippen LogP contribution in [0.5, 0.6) is 0 Å². The van der Waals surface area contributed by atoms with E-state index in [4.69, 9.17) is 4.74 Å². The average Bonchev–Trinajstić information content (AvgIpc) is 2.72. The standard InChI is InChI=1S/C20H28FN3O4S/c21-17-14-18-16(1-2-20(25)22-18)13-19(17)29(26,27)24-7-4-15(5-8-24)3-6-23-9-11-28-12-10-23/h13-15H,1-12H2,(H,22,25). The Morgan fingerprint density at radius 3 is 2.55 bits per heavy atom. The number of aryl methyl sites for hydroxylation is 1. The maximum Gasteiger partial charge on any atom is 0.245 e. The Bertz CT molecular complexity index is 863. The number of benzene rings is 1. The second-order valence-corrected chi connectivity index (χ2v) is 9.98. The molecule has 0 saturated carbocycles. The number of morpholine rings is 1. The molecule has 0 spiro atoms. The maximum atomic E-state index is 14.6. The molecule has 3 aliphatic heterocycles. The van der Waals surface area contributed by atoms with E-state index in [0.29, 0.717) is 36.7 Å². The van der Waals surface area contributed by atoms with E-state index < -0.39 is 15.8 Å². The summed E-state index contributed by atoms with van der Waals surface area (Å²) in [6, 6.07) is 2.53. The van der Waals surface area contributed by atoms with Crippen LogP contribution in [0.3, 0.4) is 0 Å². The highest BCUT2D eigenvalue weighted by Gasteiger charge is 2.33. The minimum Gasteiger partial charge on any atom is -0.379 e. The zero-order chi connectivity index (χ0) is 20.4. The number of amides is 1. The fourth-order valence-corrected chi connectivity index (χ4v) is 5.91. The van der Waals surface area contributed by atoms with Crippen molar-refractivity contribution in [3.63, 3.8) is 0 Å². The molecule has 3 aliphatic rings. The fourth-order valence-electron chi connectivity index (χ4n) is 4.34. The second kappa shape index (κ2) is 8.67. The van der Waals surface area contributed by atoms with E-state index in [2.05, 4.69) is 10.2 Å². The second-order valence-electron chi connectivity index (χ2n) is 8.08. The summed E-state index contributed by atoms with van der Waals surface area (Å²) in [5, 5.41) is 2.61. The SMILES string of the molecule is O=C1CCc2cc(S(=O)(=O)N3CCC(CCN4CCOCC4)CC3)c(F)cc2N1. The number of ether oxygens (including phenoxy) is 1. The molecule has 7 nitrogen and oxygen atoms in total. The van der Waals surface area contributed by atoms with Gasteiger partial charge in [-0.25, -0.2) is 12.8 Å². The first kappa shape index (κ1) is 20.7. The quantitative estimate of drug-likeness (QED) is 0.779. The van der Waals surface area contributed by atoms with Gasteiger partial charge in [0.05, 0.1) is 13.2 Å². The predicted octanol–water partition coefficient (Wildman–Crippen LogP) is 1.83. The summed E-state index contributed by atoms with van der Waals surface area (Å²) in [5.41, 5.74) is 1.05. The molecule has 1 amide bonds. The molecule has 1 aromatic carbocycles. The van der Waals surface area contributed by atoms with Crippen molar-refractivity contribution in [2.45, 2.75) is 37.0 Å². The lowest BCUT2D eigenvalue weighted by Gasteiger charge is -2.33. The maximum absolute atomic E-state index is 14.6. The lowest BCUT2D eigenvalue weighted by molar-refractivity contribution is -0.116. The van der Waals surface area contributed by atoms with Gasteiger partial charge in [-0.2, -0.15) is 4.31 Å². The minimum atomic E-state index is -3.88. The van der Waals surface area contributed by atoms with Gasteiger partial charge in [-0.15, -0.1) is 0 Å². The molecule has 0 atom stereocenters. The van der Waals surface area contributed by atoms with Crippen LogP contribution in [0, 0.1) is 11.7 Å². The van der Waals surface area contributed by atoms with E-state index in [0.717, 1.165) is 58.2 Å². The van der Waals surface area contributed by atoms with Crippen molar-refractivity contribution in [3.8, 4) is 0 Å². The number of nitrogens with one attached hydrogen (secondary N) is 1. The van der Waals surface area contributed by atoms with Crippen LogP contribution in [0.2, 0.25) is 0 Å². The van der Waals surface area contributed by atoms with Crippen LogP contribution in [0.25, 0.3) is 0 Å². The lowest BCUT2D eigenvalue weighted by atomic mass is 9.94. The van der Waals surface area contributed by atoms with Gasteiger partial charge in [0.2, 0.25) is 15.9 Å². The molecule has 0 aliphatic carbocycles. The summed E-state index contributed by atoms with van der Waals surface area (Å²) in [5.74, 6) is -0.486. The van der Waals surface area contributed by atoms with Gasteiger partial charge in [-0.05, 0) is 55.8 Å². The van der Waals surface area contributed by atoms with Gasteiger partial charge in [0.15, 0.2) is 0 Å². The first-order chi connectivity index (χ1) is 13.9. The highest BCUT2D eigenvalue weighted by atomic mass is 32.2. The zero-order valence-corrected chi connectivity index (χ0v) is 17.3. The monoisotopic (exact) mass is 425 g/mol. The summed E-state index contributed by atoms with van der Waals surface area (Å²) in [6.45, 7) is 5.36. The molecule has 2 fully saturated rings. The molecule has 0 aromatic heterocycles. The van der Waals surface area contributed by atoms with Gasteiger partial charge >= 0.3 is 0 Å².